The fourth-order valence-corrected chi connectivity index (χ4v) is 1.92. The molecule has 0 saturated carbocycles. The molecule has 0 aliphatic rings. The first-order chi connectivity index (χ1) is 6.87. The Morgan fingerprint density at radius 1 is 1.13 bits per heavy atom. The van der Waals surface area contributed by atoms with Crippen LogP contribution in [0.4, 0.5) is 0 Å². The van der Waals surface area contributed by atoms with E-state index in [4.69, 9.17) is 5.73 Å². The summed E-state index contributed by atoms with van der Waals surface area (Å²) in [6.07, 6.45) is 0.667. The lowest BCUT2D eigenvalue weighted by Gasteiger charge is -2.33. The molecule has 0 aromatic heterocycles. The molecule has 0 fully saturated rings. The molecule has 0 saturated heterocycles. The van der Waals surface area contributed by atoms with Gasteiger partial charge in [0.25, 0.3) is 0 Å². The van der Waals surface area contributed by atoms with E-state index >= 15 is 0 Å². The highest BCUT2D eigenvalue weighted by Crippen LogP contribution is 2.33. The zero-order valence-electron chi connectivity index (χ0n) is 9.83. The highest BCUT2D eigenvalue weighted by Gasteiger charge is 2.32. The summed E-state index contributed by atoms with van der Waals surface area (Å²) in [6, 6.07) is 9.66. The van der Waals surface area contributed by atoms with E-state index in [9.17, 15) is 5.11 Å². The summed E-state index contributed by atoms with van der Waals surface area (Å²) < 4.78 is 0. The van der Waals surface area contributed by atoms with E-state index in [2.05, 4.69) is 20.8 Å². The average Bonchev–Trinajstić information content (AvgIpc) is 2.16. The molecule has 1 aromatic rings. The zero-order valence-corrected chi connectivity index (χ0v) is 9.83. The predicted molar refractivity (Wildman–Crippen MR) is 63.5 cm³/mol. The van der Waals surface area contributed by atoms with Crippen molar-refractivity contribution in [3.05, 3.63) is 35.9 Å². The third kappa shape index (κ3) is 3.33. The zero-order chi connectivity index (χ0) is 11.5. The molecular weight excluding hydrogens is 186 g/mol. The predicted octanol–water partition coefficient (Wildman–Crippen LogP) is 2.27. The minimum absolute atomic E-state index is 0.0595. The molecule has 0 heterocycles. The largest absolute Gasteiger partial charge is 0.384 e. The number of nitrogens with two attached hydrogens (primary N) is 1. The molecule has 0 radical (unpaired) electrons. The minimum Gasteiger partial charge on any atom is -0.384 e. The van der Waals surface area contributed by atoms with E-state index in [0.29, 0.717) is 6.42 Å². The fraction of sp³-hybridized carbons (Fsp3) is 0.538. The molecule has 0 aliphatic carbocycles. The van der Waals surface area contributed by atoms with Gasteiger partial charge < -0.3 is 10.8 Å². The van der Waals surface area contributed by atoms with E-state index in [1.54, 1.807) is 0 Å². The SMILES string of the molecule is CC(C)(C)CC(O)(CN)c1ccccc1. The van der Waals surface area contributed by atoms with Gasteiger partial charge in [-0.25, -0.2) is 0 Å². The monoisotopic (exact) mass is 207 g/mol. The number of aliphatic hydroxyl groups is 1. The van der Waals surface area contributed by atoms with Crippen LogP contribution in [-0.2, 0) is 5.60 Å². The highest BCUT2D eigenvalue weighted by atomic mass is 16.3. The van der Waals surface area contributed by atoms with Crippen LogP contribution in [0.15, 0.2) is 30.3 Å². The Kier molecular flexibility index (Phi) is 3.53. The van der Waals surface area contributed by atoms with Gasteiger partial charge >= 0.3 is 0 Å². The van der Waals surface area contributed by atoms with Gasteiger partial charge in [0.15, 0.2) is 0 Å². The summed E-state index contributed by atoms with van der Waals surface area (Å²) >= 11 is 0. The molecular formula is C13H21NO. The first kappa shape index (κ1) is 12.2. The van der Waals surface area contributed by atoms with E-state index in [1.165, 1.54) is 0 Å². The van der Waals surface area contributed by atoms with Crippen molar-refractivity contribution in [3.8, 4) is 0 Å². The lowest BCUT2D eigenvalue weighted by molar-refractivity contribution is 0.00541. The van der Waals surface area contributed by atoms with E-state index < -0.39 is 5.60 Å². The summed E-state index contributed by atoms with van der Waals surface area (Å²) in [5.41, 5.74) is 5.76. The second-order valence-electron chi connectivity index (χ2n) is 5.34. The summed E-state index contributed by atoms with van der Waals surface area (Å²) in [5.74, 6) is 0. The molecule has 2 nitrogen and oxygen atoms in total. The second kappa shape index (κ2) is 4.33. The van der Waals surface area contributed by atoms with Gasteiger partial charge in [0, 0.05) is 6.54 Å². The number of rotatable bonds is 3. The first-order valence-electron chi connectivity index (χ1n) is 5.35. The fourth-order valence-electron chi connectivity index (χ4n) is 1.92. The van der Waals surface area contributed by atoms with Crippen LogP contribution in [0.25, 0.3) is 0 Å². The molecule has 1 unspecified atom stereocenters. The van der Waals surface area contributed by atoms with Gasteiger partial charge in [-0.2, -0.15) is 0 Å². The van der Waals surface area contributed by atoms with E-state index in [1.807, 2.05) is 30.3 Å². The van der Waals surface area contributed by atoms with Gasteiger partial charge in [0.1, 0.15) is 5.60 Å². The average molecular weight is 207 g/mol. The summed E-state index contributed by atoms with van der Waals surface area (Å²) in [5, 5.41) is 10.5. The first-order valence-corrected chi connectivity index (χ1v) is 5.35. The van der Waals surface area contributed by atoms with Crippen molar-refractivity contribution in [1.82, 2.24) is 0 Å². The van der Waals surface area contributed by atoms with Crippen LogP contribution in [0, 0.1) is 5.41 Å². The van der Waals surface area contributed by atoms with Crippen LogP contribution in [0.1, 0.15) is 32.8 Å². The van der Waals surface area contributed by atoms with Gasteiger partial charge in [-0.15, -0.1) is 0 Å². The van der Waals surface area contributed by atoms with Crippen LogP contribution in [0.5, 0.6) is 0 Å². The molecule has 2 heteroatoms. The lowest BCUT2D eigenvalue weighted by atomic mass is 9.78. The van der Waals surface area contributed by atoms with E-state index in [0.717, 1.165) is 5.56 Å². The van der Waals surface area contributed by atoms with Gasteiger partial charge in [-0.1, -0.05) is 51.1 Å². The molecule has 0 bridgehead atoms. The molecule has 1 atom stereocenters. The topological polar surface area (TPSA) is 46.2 Å². The van der Waals surface area contributed by atoms with Crippen molar-refractivity contribution in [2.24, 2.45) is 11.1 Å². The maximum Gasteiger partial charge on any atom is 0.102 e. The molecule has 84 valence electrons. The maximum atomic E-state index is 10.5. The molecule has 3 N–H and O–H groups in total. The Bertz CT molecular complexity index is 302. The van der Waals surface area contributed by atoms with Gasteiger partial charge in [0.2, 0.25) is 0 Å². The third-order valence-electron chi connectivity index (χ3n) is 2.47. The van der Waals surface area contributed by atoms with Crippen LogP contribution in [0.2, 0.25) is 0 Å². The van der Waals surface area contributed by atoms with Crippen molar-refractivity contribution < 1.29 is 5.11 Å². The Hall–Kier alpha value is -0.860. The minimum atomic E-state index is -0.903. The van der Waals surface area contributed by atoms with Crippen LogP contribution >= 0.6 is 0 Å². The van der Waals surface area contributed by atoms with Crippen LogP contribution in [-0.4, -0.2) is 11.7 Å². The van der Waals surface area contributed by atoms with Crippen LogP contribution in [0.3, 0.4) is 0 Å². The van der Waals surface area contributed by atoms with Crippen molar-refractivity contribution in [3.63, 3.8) is 0 Å². The van der Waals surface area contributed by atoms with Crippen molar-refractivity contribution in [1.29, 1.82) is 0 Å². The number of hydrogen-bond donors (Lipinski definition) is 2. The van der Waals surface area contributed by atoms with Crippen molar-refractivity contribution in [2.45, 2.75) is 32.8 Å². The number of benzene rings is 1. The molecule has 1 rings (SSSR count). The Balaban J connectivity index is 2.96. The quantitative estimate of drug-likeness (QED) is 0.798. The smallest absolute Gasteiger partial charge is 0.102 e. The van der Waals surface area contributed by atoms with E-state index in [-0.39, 0.29) is 12.0 Å². The second-order valence-corrected chi connectivity index (χ2v) is 5.34. The Labute approximate surface area is 92.1 Å². The molecule has 0 spiro atoms. The maximum absolute atomic E-state index is 10.5. The van der Waals surface area contributed by atoms with Crippen molar-refractivity contribution >= 4 is 0 Å². The summed E-state index contributed by atoms with van der Waals surface area (Å²) in [6.45, 7) is 6.58. The Morgan fingerprint density at radius 3 is 2.07 bits per heavy atom. The lowest BCUT2D eigenvalue weighted by Crippen LogP contribution is -2.38. The molecule has 0 aliphatic heterocycles. The summed E-state index contributed by atoms with van der Waals surface area (Å²) in [4.78, 5) is 0. The van der Waals surface area contributed by atoms with Gasteiger partial charge in [-0.3, -0.25) is 0 Å². The molecule has 0 amide bonds. The molecule has 1 aromatic carbocycles. The Morgan fingerprint density at radius 2 is 1.67 bits per heavy atom. The normalized spacial score (nSPS) is 16.1. The van der Waals surface area contributed by atoms with Gasteiger partial charge in [0.05, 0.1) is 0 Å². The number of hydrogen-bond acceptors (Lipinski definition) is 2. The highest BCUT2D eigenvalue weighted by molar-refractivity contribution is 5.23. The van der Waals surface area contributed by atoms with Gasteiger partial charge in [-0.05, 0) is 17.4 Å². The van der Waals surface area contributed by atoms with Crippen molar-refractivity contribution in [2.75, 3.05) is 6.54 Å². The van der Waals surface area contributed by atoms with Crippen LogP contribution < -0.4 is 5.73 Å². The standard InChI is InChI=1S/C13H21NO/c1-12(2,3)9-13(15,10-14)11-7-5-4-6-8-11/h4-8,15H,9-10,14H2,1-3H3. The molecule has 15 heavy (non-hydrogen) atoms. The summed E-state index contributed by atoms with van der Waals surface area (Å²) in [7, 11) is 0. The third-order valence-corrected chi connectivity index (χ3v) is 2.47.